The van der Waals surface area contributed by atoms with E-state index in [0.717, 1.165) is 6.29 Å². The van der Waals surface area contributed by atoms with Crippen molar-refractivity contribution in [3.8, 4) is 11.5 Å². The molecule has 1 unspecified atom stereocenters. The van der Waals surface area contributed by atoms with E-state index in [4.69, 9.17) is 15.2 Å². The molecule has 2 N–H and O–H groups in total. The molecule has 5 heteroatoms. The van der Waals surface area contributed by atoms with Gasteiger partial charge in [-0.25, -0.2) is 0 Å². The molecule has 5 nitrogen and oxygen atoms in total. The molecule has 104 valence electrons. The molecule has 1 aromatic carbocycles. The van der Waals surface area contributed by atoms with E-state index in [1.807, 2.05) is 13.8 Å². The predicted octanol–water partition coefficient (Wildman–Crippen LogP) is 1.93. The first kappa shape index (κ1) is 15.0. The molecule has 0 aliphatic heterocycles. The number of hydrogen-bond acceptors (Lipinski definition) is 4. The lowest BCUT2D eigenvalue weighted by molar-refractivity contribution is -0.119. The normalized spacial score (nSPS) is 11.7. The average molecular weight is 265 g/mol. The first-order valence-electron chi connectivity index (χ1n) is 6.27. The van der Waals surface area contributed by atoms with Crippen LogP contribution >= 0.6 is 0 Å². The molecule has 0 aliphatic rings. The van der Waals surface area contributed by atoms with Crippen LogP contribution in [0.2, 0.25) is 0 Å². The SMILES string of the molecule is CCOc1cc(C=O)ccc1OC(CC)CC(N)=O. The average Bonchev–Trinajstić information content (AvgIpc) is 2.39. The van der Waals surface area contributed by atoms with Crippen molar-refractivity contribution in [1.82, 2.24) is 0 Å². The molecule has 0 spiro atoms. The van der Waals surface area contributed by atoms with Gasteiger partial charge in [0.15, 0.2) is 11.5 Å². The molecule has 0 aromatic heterocycles. The largest absolute Gasteiger partial charge is 0.490 e. The third-order valence-corrected chi connectivity index (χ3v) is 2.58. The summed E-state index contributed by atoms with van der Waals surface area (Å²) in [7, 11) is 0. The number of carbonyl (C=O) groups is 2. The second kappa shape index (κ2) is 7.41. The number of benzene rings is 1. The van der Waals surface area contributed by atoms with Gasteiger partial charge in [-0.3, -0.25) is 9.59 Å². The van der Waals surface area contributed by atoms with Crippen molar-refractivity contribution >= 4 is 12.2 Å². The number of ether oxygens (including phenoxy) is 2. The highest BCUT2D eigenvalue weighted by atomic mass is 16.5. The number of hydrogen-bond donors (Lipinski definition) is 1. The number of primary amides is 1. The first-order chi connectivity index (χ1) is 9.10. The number of aldehydes is 1. The molecular weight excluding hydrogens is 246 g/mol. The summed E-state index contributed by atoms with van der Waals surface area (Å²) in [5, 5.41) is 0. The number of nitrogens with two attached hydrogens (primary N) is 1. The van der Waals surface area contributed by atoms with Gasteiger partial charge in [0.25, 0.3) is 0 Å². The third kappa shape index (κ3) is 4.62. The first-order valence-corrected chi connectivity index (χ1v) is 6.27. The van der Waals surface area contributed by atoms with Gasteiger partial charge < -0.3 is 15.2 Å². The van der Waals surface area contributed by atoms with Crippen LogP contribution in [-0.2, 0) is 4.79 Å². The van der Waals surface area contributed by atoms with Gasteiger partial charge in [-0.1, -0.05) is 6.92 Å². The molecule has 0 fully saturated rings. The van der Waals surface area contributed by atoms with Crippen LogP contribution in [0.15, 0.2) is 18.2 Å². The van der Waals surface area contributed by atoms with E-state index in [1.165, 1.54) is 0 Å². The van der Waals surface area contributed by atoms with Crippen LogP contribution in [0.25, 0.3) is 0 Å². The molecule has 19 heavy (non-hydrogen) atoms. The summed E-state index contributed by atoms with van der Waals surface area (Å²) in [6, 6.07) is 4.92. The van der Waals surface area contributed by atoms with E-state index in [2.05, 4.69) is 0 Å². The Morgan fingerprint density at radius 3 is 2.63 bits per heavy atom. The Morgan fingerprint density at radius 1 is 1.37 bits per heavy atom. The molecule has 1 aromatic rings. The zero-order chi connectivity index (χ0) is 14.3. The predicted molar refractivity (Wildman–Crippen MR) is 71.5 cm³/mol. The van der Waals surface area contributed by atoms with Crippen LogP contribution in [0.1, 0.15) is 37.0 Å². The minimum atomic E-state index is -0.408. The Morgan fingerprint density at radius 2 is 2.11 bits per heavy atom. The summed E-state index contributed by atoms with van der Waals surface area (Å²) in [6.07, 6.45) is 1.26. The number of rotatable bonds is 8. The maximum Gasteiger partial charge on any atom is 0.221 e. The number of amides is 1. The van der Waals surface area contributed by atoms with Crippen LogP contribution in [0.3, 0.4) is 0 Å². The quantitative estimate of drug-likeness (QED) is 0.728. The van der Waals surface area contributed by atoms with Crippen molar-refractivity contribution < 1.29 is 19.1 Å². The zero-order valence-corrected chi connectivity index (χ0v) is 11.2. The van der Waals surface area contributed by atoms with Crippen LogP contribution in [0.4, 0.5) is 0 Å². The van der Waals surface area contributed by atoms with Gasteiger partial charge in [0.05, 0.1) is 13.0 Å². The second-order valence-corrected chi connectivity index (χ2v) is 4.08. The minimum Gasteiger partial charge on any atom is -0.490 e. The molecule has 0 saturated heterocycles. The fourth-order valence-electron chi connectivity index (χ4n) is 1.64. The Bertz CT molecular complexity index is 445. The van der Waals surface area contributed by atoms with Gasteiger partial charge in [0.1, 0.15) is 12.4 Å². The lowest BCUT2D eigenvalue weighted by Gasteiger charge is -2.18. The molecule has 1 rings (SSSR count). The molecule has 1 atom stereocenters. The fraction of sp³-hybridized carbons (Fsp3) is 0.429. The molecule has 0 heterocycles. The summed E-state index contributed by atoms with van der Waals surface area (Å²) in [6.45, 7) is 4.22. The second-order valence-electron chi connectivity index (χ2n) is 4.08. The monoisotopic (exact) mass is 265 g/mol. The highest BCUT2D eigenvalue weighted by molar-refractivity contribution is 5.76. The molecule has 0 bridgehead atoms. The van der Waals surface area contributed by atoms with E-state index in [1.54, 1.807) is 18.2 Å². The van der Waals surface area contributed by atoms with Crippen molar-refractivity contribution in [3.63, 3.8) is 0 Å². The smallest absolute Gasteiger partial charge is 0.221 e. The maximum atomic E-state index is 10.9. The summed E-state index contributed by atoms with van der Waals surface area (Å²) >= 11 is 0. The Hall–Kier alpha value is -2.04. The van der Waals surface area contributed by atoms with Crippen LogP contribution in [-0.4, -0.2) is 24.9 Å². The van der Waals surface area contributed by atoms with E-state index in [0.29, 0.717) is 30.1 Å². The van der Waals surface area contributed by atoms with E-state index in [9.17, 15) is 9.59 Å². The van der Waals surface area contributed by atoms with Crippen LogP contribution in [0.5, 0.6) is 11.5 Å². The lowest BCUT2D eigenvalue weighted by atomic mass is 10.2. The van der Waals surface area contributed by atoms with Gasteiger partial charge in [0.2, 0.25) is 5.91 Å². The molecular formula is C14H19NO4. The Balaban J connectivity index is 2.91. The highest BCUT2D eigenvalue weighted by Gasteiger charge is 2.15. The third-order valence-electron chi connectivity index (χ3n) is 2.58. The zero-order valence-electron chi connectivity index (χ0n) is 11.2. The molecule has 0 saturated carbocycles. The van der Waals surface area contributed by atoms with Crippen molar-refractivity contribution in [2.45, 2.75) is 32.8 Å². The van der Waals surface area contributed by atoms with Crippen LogP contribution < -0.4 is 15.2 Å². The summed E-state index contributed by atoms with van der Waals surface area (Å²) in [5.74, 6) is 0.602. The minimum absolute atomic E-state index is 0.150. The highest BCUT2D eigenvalue weighted by Crippen LogP contribution is 2.29. The maximum absolute atomic E-state index is 10.9. The molecule has 0 radical (unpaired) electrons. The summed E-state index contributed by atoms with van der Waals surface area (Å²) < 4.78 is 11.1. The van der Waals surface area contributed by atoms with Crippen molar-refractivity contribution in [1.29, 1.82) is 0 Å². The van der Waals surface area contributed by atoms with Crippen molar-refractivity contribution in [2.24, 2.45) is 5.73 Å². The molecule has 0 aliphatic carbocycles. The van der Waals surface area contributed by atoms with Gasteiger partial charge in [-0.15, -0.1) is 0 Å². The van der Waals surface area contributed by atoms with Gasteiger partial charge in [-0.2, -0.15) is 0 Å². The van der Waals surface area contributed by atoms with Crippen molar-refractivity contribution in [3.05, 3.63) is 23.8 Å². The van der Waals surface area contributed by atoms with E-state index < -0.39 is 5.91 Å². The number of carbonyl (C=O) groups excluding carboxylic acids is 2. The lowest BCUT2D eigenvalue weighted by Crippen LogP contribution is -2.24. The van der Waals surface area contributed by atoms with E-state index >= 15 is 0 Å². The van der Waals surface area contributed by atoms with Crippen molar-refractivity contribution in [2.75, 3.05) is 6.61 Å². The standard InChI is InChI=1S/C14H19NO4/c1-3-11(8-14(15)17)19-12-6-5-10(9-16)7-13(12)18-4-2/h5-7,9,11H,3-4,8H2,1-2H3,(H2,15,17). The fourth-order valence-corrected chi connectivity index (χ4v) is 1.64. The molecule has 1 amide bonds. The topological polar surface area (TPSA) is 78.6 Å². The van der Waals surface area contributed by atoms with Crippen LogP contribution in [0, 0.1) is 0 Å². The Labute approximate surface area is 112 Å². The Kier molecular flexibility index (Phi) is 5.85. The van der Waals surface area contributed by atoms with E-state index in [-0.39, 0.29) is 12.5 Å². The summed E-state index contributed by atoms with van der Waals surface area (Å²) in [4.78, 5) is 21.7. The summed E-state index contributed by atoms with van der Waals surface area (Å²) in [5.41, 5.74) is 5.68. The van der Waals surface area contributed by atoms with Gasteiger partial charge in [0, 0.05) is 5.56 Å². The van der Waals surface area contributed by atoms with Gasteiger partial charge >= 0.3 is 0 Å². The van der Waals surface area contributed by atoms with Gasteiger partial charge in [-0.05, 0) is 31.5 Å².